The standard InChI is InChI=1S/C13H14N4O4/c18-11(15-6-9(7-15)5-12(19)20)8-17-13(21)16-4-2-1-3-10(16)14-17/h1-4,9H,5-8H2,(H,19,20). The van der Waals surface area contributed by atoms with E-state index >= 15 is 0 Å². The summed E-state index contributed by atoms with van der Waals surface area (Å²) in [5.41, 5.74) is 0.129. The summed E-state index contributed by atoms with van der Waals surface area (Å²) < 4.78 is 2.50. The number of nitrogens with zero attached hydrogens (tertiary/aromatic N) is 4. The van der Waals surface area contributed by atoms with Crippen molar-refractivity contribution in [1.29, 1.82) is 0 Å². The van der Waals surface area contributed by atoms with E-state index in [1.165, 1.54) is 4.40 Å². The first kappa shape index (κ1) is 13.3. The predicted octanol–water partition coefficient (Wildman–Crippen LogP) is -0.571. The van der Waals surface area contributed by atoms with Gasteiger partial charge < -0.3 is 10.0 Å². The molecule has 0 aromatic carbocycles. The first-order chi connectivity index (χ1) is 10.0. The lowest BCUT2D eigenvalue weighted by molar-refractivity contribution is -0.145. The number of carbonyl (C=O) groups excluding carboxylic acids is 1. The number of pyridine rings is 1. The second-order valence-electron chi connectivity index (χ2n) is 5.13. The molecule has 0 bridgehead atoms. The largest absolute Gasteiger partial charge is 0.481 e. The molecule has 8 nitrogen and oxygen atoms in total. The number of fused-ring (bicyclic) bond motifs is 1. The number of hydrogen-bond donors (Lipinski definition) is 1. The summed E-state index contributed by atoms with van der Waals surface area (Å²) in [4.78, 5) is 36.1. The van der Waals surface area contributed by atoms with Crippen LogP contribution in [-0.2, 0) is 16.1 Å². The number of amides is 1. The minimum absolute atomic E-state index is 0.00393. The summed E-state index contributed by atoms with van der Waals surface area (Å²) in [5, 5.41) is 12.8. The van der Waals surface area contributed by atoms with E-state index < -0.39 is 5.97 Å². The zero-order valence-corrected chi connectivity index (χ0v) is 11.2. The van der Waals surface area contributed by atoms with Crippen molar-refractivity contribution >= 4 is 17.5 Å². The summed E-state index contributed by atoms with van der Waals surface area (Å²) in [5.74, 6) is -1.07. The fourth-order valence-corrected chi connectivity index (χ4v) is 2.45. The van der Waals surface area contributed by atoms with Gasteiger partial charge in [0.1, 0.15) is 6.54 Å². The molecule has 2 aromatic rings. The number of carboxylic acids is 1. The smallest absolute Gasteiger partial charge is 0.350 e. The molecule has 1 amide bonds. The van der Waals surface area contributed by atoms with Gasteiger partial charge in [-0.2, -0.15) is 0 Å². The van der Waals surface area contributed by atoms with Crippen molar-refractivity contribution < 1.29 is 14.7 Å². The van der Waals surface area contributed by atoms with Gasteiger partial charge >= 0.3 is 11.7 Å². The maximum atomic E-state index is 12.0. The van der Waals surface area contributed by atoms with Crippen molar-refractivity contribution in [3.8, 4) is 0 Å². The number of aromatic nitrogens is 3. The lowest BCUT2D eigenvalue weighted by Crippen LogP contribution is -2.52. The molecule has 21 heavy (non-hydrogen) atoms. The number of carbonyl (C=O) groups is 2. The van der Waals surface area contributed by atoms with Crippen LogP contribution in [0.4, 0.5) is 0 Å². The maximum absolute atomic E-state index is 12.0. The van der Waals surface area contributed by atoms with Crippen LogP contribution in [0.2, 0.25) is 0 Å². The second kappa shape index (κ2) is 5.04. The van der Waals surface area contributed by atoms with E-state index in [9.17, 15) is 14.4 Å². The Kier molecular flexibility index (Phi) is 3.20. The van der Waals surface area contributed by atoms with Crippen LogP contribution >= 0.6 is 0 Å². The molecule has 1 saturated heterocycles. The number of hydrogen-bond acceptors (Lipinski definition) is 4. The number of rotatable bonds is 4. The summed E-state index contributed by atoms with van der Waals surface area (Å²) in [6.07, 6.45) is 1.66. The average molecular weight is 290 g/mol. The third kappa shape index (κ3) is 2.51. The van der Waals surface area contributed by atoms with Crippen molar-refractivity contribution in [2.24, 2.45) is 5.92 Å². The van der Waals surface area contributed by atoms with Crippen LogP contribution in [0.3, 0.4) is 0 Å². The highest BCUT2D eigenvalue weighted by atomic mass is 16.4. The Hall–Kier alpha value is -2.64. The van der Waals surface area contributed by atoms with Crippen molar-refractivity contribution in [1.82, 2.24) is 19.1 Å². The van der Waals surface area contributed by atoms with Gasteiger partial charge in [-0.3, -0.25) is 14.0 Å². The first-order valence-electron chi connectivity index (χ1n) is 6.58. The van der Waals surface area contributed by atoms with E-state index in [2.05, 4.69) is 5.10 Å². The lowest BCUT2D eigenvalue weighted by atomic mass is 9.96. The normalized spacial score (nSPS) is 15.1. The van der Waals surface area contributed by atoms with Crippen molar-refractivity contribution in [2.45, 2.75) is 13.0 Å². The molecule has 1 aliphatic rings. The van der Waals surface area contributed by atoms with E-state index in [1.54, 1.807) is 29.3 Å². The molecular formula is C13H14N4O4. The van der Waals surface area contributed by atoms with Crippen LogP contribution in [0, 0.1) is 5.92 Å². The predicted molar refractivity (Wildman–Crippen MR) is 71.8 cm³/mol. The van der Waals surface area contributed by atoms with Crippen LogP contribution < -0.4 is 5.69 Å². The van der Waals surface area contributed by atoms with Crippen molar-refractivity contribution in [3.63, 3.8) is 0 Å². The Bertz CT molecular complexity index is 757. The Labute approximate surface area is 119 Å². The first-order valence-corrected chi connectivity index (χ1v) is 6.58. The average Bonchev–Trinajstić information content (AvgIpc) is 2.70. The third-order valence-electron chi connectivity index (χ3n) is 3.55. The maximum Gasteiger partial charge on any atom is 0.350 e. The molecule has 1 aliphatic heterocycles. The molecular weight excluding hydrogens is 276 g/mol. The van der Waals surface area contributed by atoms with Gasteiger partial charge in [-0.1, -0.05) is 6.07 Å². The molecule has 8 heteroatoms. The minimum Gasteiger partial charge on any atom is -0.481 e. The molecule has 0 unspecified atom stereocenters. The van der Waals surface area contributed by atoms with Crippen LogP contribution in [0.5, 0.6) is 0 Å². The van der Waals surface area contributed by atoms with E-state index in [0.717, 1.165) is 4.68 Å². The van der Waals surface area contributed by atoms with E-state index in [-0.39, 0.29) is 30.5 Å². The minimum atomic E-state index is -0.858. The summed E-state index contributed by atoms with van der Waals surface area (Å²) in [6.45, 7) is 0.723. The molecule has 0 atom stereocenters. The van der Waals surface area contributed by atoms with Crippen LogP contribution in [-0.4, -0.2) is 49.2 Å². The zero-order valence-electron chi connectivity index (χ0n) is 11.2. The Morgan fingerprint density at radius 2 is 2.10 bits per heavy atom. The van der Waals surface area contributed by atoms with E-state index in [0.29, 0.717) is 18.7 Å². The second-order valence-corrected chi connectivity index (χ2v) is 5.13. The number of likely N-dealkylation sites (tertiary alicyclic amines) is 1. The molecule has 3 rings (SSSR count). The van der Waals surface area contributed by atoms with Crippen LogP contribution in [0.1, 0.15) is 6.42 Å². The number of aliphatic carboxylic acids is 1. The SMILES string of the molecule is O=C(O)CC1CN(C(=O)Cn2nc3ccccn3c2=O)C1. The van der Waals surface area contributed by atoms with Gasteiger partial charge in [0.2, 0.25) is 5.91 Å². The fourth-order valence-electron chi connectivity index (χ4n) is 2.45. The van der Waals surface area contributed by atoms with Crippen molar-refractivity contribution in [3.05, 3.63) is 34.9 Å². The summed E-state index contributed by atoms with van der Waals surface area (Å²) >= 11 is 0. The Morgan fingerprint density at radius 1 is 1.33 bits per heavy atom. The Balaban J connectivity index is 1.66. The van der Waals surface area contributed by atoms with Crippen LogP contribution in [0.15, 0.2) is 29.2 Å². The van der Waals surface area contributed by atoms with Gasteiger partial charge in [0, 0.05) is 25.2 Å². The van der Waals surface area contributed by atoms with E-state index in [4.69, 9.17) is 5.11 Å². The molecule has 0 radical (unpaired) electrons. The van der Waals surface area contributed by atoms with Gasteiger partial charge in [0.05, 0.1) is 6.42 Å². The summed E-state index contributed by atoms with van der Waals surface area (Å²) in [6, 6.07) is 5.17. The quantitative estimate of drug-likeness (QED) is 0.813. The van der Waals surface area contributed by atoms with Gasteiger partial charge in [0.15, 0.2) is 5.65 Å². The number of carboxylic acid groups (broad SMARTS) is 1. The van der Waals surface area contributed by atoms with Gasteiger partial charge in [-0.25, -0.2) is 9.48 Å². The monoisotopic (exact) mass is 290 g/mol. The molecule has 0 aliphatic carbocycles. The lowest BCUT2D eigenvalue weighted by Gasteiger charge is -2.38. The van der Waals surface area contributed by atoms with Gasteiger partial charge in [-0.15, -0.1) is 5.10 Å². The molecule has 0 spiro atoms. The van der Waals surface area contributed by atoms with Gasteiger partial charge in [-0.05, 0) is 12.1 Å². The molecule has 0 saturated carbocycles. The highest BCUT2D eigenvalue weighted by molar-refractivity contribution is 5.77. The highest BCUT2D eigenvalue weighted by Gasteiger charge is 2.32. The summed E-state index contributed by atoms with van der Waals surface area (Å²) in [7, 11) is 0. The molecule has 1 fully saturated rings. The third-order valence-corrected chi connectivity index (χ3v) is 3.55. The van der Waals surface area contributed by atoms with Gasteiger partial charge in [0.25, 0.3) is 0 Å². The molecule has 2 aromatic heterocycles. The molecule has 3 heterocycles. The fraction of sp³-hybridized carbons (Fsp3) is 0.385. The van der Waals surface area contributed by atoms with E-state index in [1.807, 2.05) is 0 Å². The van der Waals surface area contributed by atoms with Crippen molar-refractivity contribution in [2.75, 3.05) is 13.1 Å². The van der Waals surface area contributed by atoms with Crippen LogP contribution in [0.25, 0.3) is 5.65 Å². The molecule has 1 N–H and O–H groups in total. The topological polar surface area (TPSA) is 96.9 Å². The zero-order chi connectivity index (χ0) is 15.0. The molecule has 110 valence electrons. The Morgan fingerprint density at radius 3 is 2.76 bits per heavy atom. The highest BCUT2D eigenvalue weighted by Crippen LogP contribution is 2.19.